The Bertz CT molecular complexity index is 1340. The van der Waals surface area contributed by atoms with E-state index in [0.717, 1.165) is 42.6 Å². The summed E-state index contributed by atoms with van der Waals surface area (Å²) in [5.41, 5.74) is 3.32. The van der Waals surface area contributed by atoms with Crippen LogP contribution in [0.15, 0.2) is 60.8 Å². The number of carbonyl (C=O) groups excluding carboxylic acids is 1. The number of fused-ring (bicyclic) bond motifs is 1. The largest absolute Gasteiger partial charge is 0.367 e. The molecule has 178 valence electrons. The van der Waals surface area contributed by atoms with Crippen LogP contribution in [0.2, 0.25) is 0 Å². The monoisotopic (exact) mass is 466 g/mol. The molecule has 2 saturated carbocycles. The van der Waals surface area contributed by atoms with Crippen molar-refractivity contribution in [2.24, 2.45) is 0 Å². The Balaban J connectivity index is 1.47. The zero-order chi connectivity index (χ0) is 23.6. The number of hydrogen-bond acceptors (Lipinski definition) is 6. The molecule has 4 aromatic rings. The SMILES string of the molecule is O=C(c1ccccc1)c1nn2c(NC3CCCC3)cccc2c1-c1ccnc(NC2CCCC2)n1. The van der Waals surface area contributed by atoms with Crippen LogP contribution in [0.3, 0.4) is 0 Å². The first-order chi connectivity index (χ1) is 17.3. The molecule has 0 unspecified atom stereocenters. The maximum atomic E-state index is 13.7. The average Bonchev–Trinajstić information content (AvgIpc) is 3.66. The van der Waals surface area contributed by atoms with Crippen molar-refractivity contribution in [1.29, 1.82) is 0 Å². The Morgan fingerprint density at radius 3 is 2.29 bits per heavy atom. The molecule has 0 radical (unpaired) electrons. The molecule has 7 nitrogen and oxygen atoms in total. The van der Waals surface area contributed by atoms with Gasteiger partial charge in [-0.05, 0) is 43.9 Å². The van der Waals surface area contributed by atoms with E-state index in [1.807, 2.05) is 59.1 Å². The molecule has 2 aliphatic rings. The Morgan fingerprint density at radius 2 is 1.54 bits per heavy atom. The highest BCUT2D eigenvalue weighted by atomic mass is 16.1. The van der Waals surface area contributed by atoms with E-state index in [1.54, 1.807) is 6.20 Å². The van der Waals surface area contributed by atoms with Crippen LogP contribution in [0.1, 0.15) is 67.4 Å². The lowest BCUT2D eigenvalue weighted by atomic mass is 10.0. The normalized spacial score (nSPS) is 16.7. The Kier molecular flexibility index (Phi) is 5.90. The third-order valence-corrected chi connectivity index (χ3v) is 7.22. The Morgan fingerprint density at radius 1 is 0.829 bits per heavy atom. The summed E-state index contributed by atoms with van der Waals surface area (Å²) in [6.45, 7) is 0. The first kappa shape index (κ1) is 21.8. The highest BCUT2D eigenvalue weighted by Crippen LogP contribution is 2.32. The summed E-state index contributed by atoms with van der Waals surface area (Å²) in [5.74, 6) is 1.40. The van der Waals surface area contributed by atoms with Gasteiger partial charge in [-0.15, -0.1) is 0 Å². The lowest BCUT2D eigenvalue weighted by Gasteiger charge is -2.14. The Labute approximate surface area is 205 Å². The molecule has 0 amide bonds. The molecule has 0 saturated heterocycles. The summed E-state index contributed by atoms with van der Waals surface area (Å²) < 4.78 is 1.87. The Hall–Kier alpha value is -3.74. The van der Waals surface area contributed by atoms with Gasteiger partial charge in [0.1, 0.15) is 11.5 Å². The number of rotatable bonds is 7. The number of hydrogen-bond donors (Lipinski definition) is 2. The van der Waals surface area contributed by atoms with Gasteiger partial charge in [-0.3, -0.25) is 4.79 Å². The quantitative estimate of drug-likeness (QED) is 0.338. The van der Waals surface area contributed by atoms with Gasteiger partial charge >= 0.3 is 0 Å². The first-order valence-electron chi connectivity index (χ1n) is 12.7. The van der Waals surface area contributed by atoms with Crippen LogP contribution < -0.4 is 10.6 Å². The molecule has 2 aliphatic carbocycles. The highest BCUT2D eigenvalue weighted by molar-refractivity contribution is 6.13. The van der Waals surface area contributed by atoms with E-state index in [-0.39, 0.29) is 5.78 Å². The summed E-state index contributed by atoms with van der Waals surface area (Å²) in [7, 11) is 0. The molecule has 7 heteroatoms. The number of nitrogens with one attached hydrogen (secondary N) is 2. The minimum Gasteiger partial charge on any atom is -0.367 e. The van der Waals surface area contributed by atoms with Crippen LogP contribution in [-0.4, -0.2) is 37.4 Å². The number of aromatic nitrogens is 4. The van der Waals surface area contributed by atoms with Crippen LogP contribution in [0, 0.1) is 0 Å². The molecule has 2 fully saturated rings. The van der Waals surface area contributed by atoms with Gasteiger partial charge in [0.2, 0.25) is 11.7 Å². The first-order valence-corrected chi connectivity index (χ1v) is 12.7. The summed E-state index contributed by atoms with van der Waals surface area (Å²) in [5, 5.41) is 12.0. The van der Waals surface area contributed by atoms with Crippen molar-refractivity contribution in [1.82, 2.24) is 19.6 Å². The zero-order valence-electron chi connectivity index (χ0n) is 19.8. The smallest absolute Gasteiger partial charge is 0.223 e. The summed E-state index contributed by atoms with van der Waals surface area (Å²) in [4.78, 5) is 23.0. The number of carbonyl (C=O) groups is 1. The number of anilines is 2. The molecule has 0 atom stereocenters. The molecule has 0 aliphatic heterocycles. The number of nitrogens with zero attached hydrogens (tertiary/aromatic N) is 4. The second-order valence-electron chi connectivity index (χ2n) is 9.64. The molecule has 0 bridgehead atoms. The number of pyridine rings is 1. The van der Waals surface area contributed by atoms with Crippen LogP contribution in [-0.2, 0) is 0 Å². The maximum absolute atomic E-state index is 13.7. The van der Waals surface area contributed by atoms with Crippen LogP contribution in [0.4, 0.5) is 11.8 Å². The molecule has 6 rings (SSSR count). The van der Waals surface area contributed by atoms with Gasteiger partial charge in [-0.1, -0.05) is 62.1 Å². The van der Waals surface area contributed by atoms with Gasteiger partial charge in [0.25, 0.3) is 0 Å². The molecule has 2 N–H and O–H groups in total. The van der Waals surface area contributed by atoms with Crippen LogP contribution in [0.5, 0.6) is 0 Å². The second-order valence-corrected chi connectivity index (χ2v) is 9.64. The van der Waals surface area contributed by atoms with E-state index in [1.165, 1.54) is 25.7 Å². The fourth-order valence-electron chi connectivity index (χ4n) is 5.42. The van der Waals surface area contributed by atoms with Crippen molar-refractivity contribution in [3.05, 3.63) is 72.1 Å². The summed E-state index contributed by atoms with van der Waals surface area (Å²) in [6.07, 6.45) is 11.3. The van der Waals surface area contributed by atoms with Crippen molar-refractivity contribution < 1.29 is 4.79 Å². The van der Waals surface area contributed by atoms with Gasteiger partial charge in [0.15, 0.2) is 0 Å². The third-order valence-electron chi connectivity index (χ3n) is 7.22. The second kappa shape index (κ2) is 9.49. The fraction of sp³-hybridized carbons (Fsp3) is 0.357. The zero-order valence-corrected chi connectivity index (χ0v) is 19.8. The highest BCUT2D eigenvalue weighted by Gasteiger charge is 2.25. The van der Waals surface area contributed by atoms with Gasteiger partial charge in [-0.2, -0.15) is 5.10 Å². The fourth-order valence-corrected chi connectivity index (χ4v) is 5.42. The predicted molar refractivity (Wildman–Crippen MR) is 138 cm³/mol. The third kappa shape index (κ3) is 4.38. The molecule has 3 aromatic heterocycles. The molecule has 35 heavy (non-hydrogen) atoms. The van der Waals surface area contributed by atoms with E-state index in [4.69, 9.17) is 10.1 Å². The predicted octanol–water partition coefficient (Wildman–Crippen LogP) is 5.73. The van der Waals surface area contributed by atoms with Gasteiger partial charge in [0.05, 0.1) is 16.8 Å². The van der Waals surface area contributed by atoms with E-state index in [9.17, 15) is 4.79 Å². The number of benzene rings is 1. The molecule has 3 heterocycles. The maximum Gasteiger partial charge on any atom is 0.223 e. The lowest BCUT2D eigenvalue weighted by Crippen LogP contribution is -2.17. The summed E-state index contributed by atoms with van der Waals surface area (Å²) in [6, 6.07) is 18.1. The average molecular weight is 467 g/mol. The minimum absolute atomic E-state index is 0.111. The van der Waals surface area contributed by atoms with Crippen molar-refractivity contribution in [3.8, 4) is 11.3 Å². The summed E-state index contributed by atoms with van der Waals surface area (Å²) >= 11 is 0. The number of ketones is 1. The van der Waals surface area contributed by atoms with E-state index >= 15 is 0 Å². The van der Waals surface area contributed by atoms with Crippen LogP contribution in [0.25, 0.3) is 16.8 Å². The lowest BCUT2D eigenvalue weighted by molar-refractivity contribution is 0.103. The van der Waals surface area contributed by atoms with Crippen molar-refractivity contribution >= 4 is 23.1 Å². The van der Waals surface area contributed by atoms with Gasteiger partial charge < -0.3 is 10.6 Å². The molecular weight excluding hydrogens is 436 g/mol. The topological polar surface area (TPSA) is 84.2 Å². The van der Waals surface area contributed by atoms with E-state index in [2.05, 4.69) is 15.6 Å². The minimum atomic E-state index is -0.111. The van der Waals surface area contributed by atoms with Gasteiger partial charge in [-0.25, -0.2) is 14.5 Å². The van der Waals surface area contributed by atoms with Crippen molar-refractivity contribution in [2.45, 2.75) is 63.5 Å². The molecule has 0 spiro atoms. The standard InChI is InChI=1S/C28H30N6O/c35-27(19-9-2-1-3-10-19)26-25(22-17-18-29-28(32-22)31-21-13-6-7-14-21)23-15-8-16-24(34(23)33-26)30-20-11-4-5-12-20/h1-3,8-10,15-18,20-21,30H,4-7,11-14H2,(H,29,31,32). The van der Waals surface area contributed by atoms with E-state index in [0.29, 0.717) is 35.0 Å². The van der Waals surface area contributed by atoms with Crippen molar-refractivity contribution in [3.63, 3.8) is 0 Å². The van der Waals surface area contributed by atoms with Gasteiger partial charge in [0, 0.05) is 23.8 Å². The van der Waals surface area contributed by atoms with E-state index < -0.39 is 0 Å². The molecule has 1 aromatic carbocycles. The molecular formula is C28H30N6O. The van der Waals surface area contributed by atoms with Crippen LogP contribution >= 0.6 is 0 Å². The van der Waals surface area contributed by atoms with Crippen molar-refractivity contribution in [2.75, 3.05) is 10.6 Å².